The lowest BCUT2D eigenvalue weighted by molar-refractivity contribution is -0.121. The van der Waals surface area contributed by atoms with Crippen LogP contribution >= 0.6 is 35.6 Å². The molecule has 1 aliphatic heterocycles. The number of carbonyl (C=O) groups is 1. The second-order valence-corrected chi connectivity index (χ2v) is 7.13. The minimum Gasteiger partial charge on any atom is -0.289 e. The number of rotatable bonds is 3. The van der Waals surface area contributed by atoms with Gasteiger partial charge in [0.1, 0.15) is 9.47 Å². The van der Waals surface area contributed by atoms with Crippen molar-refractivity contribution in [3.8, 4) is 0 Å². The number of aryl methyl sites for hydroxylation is 1. The maximum atomic E-state index is 12.4. The van der Waals surface area contributed by atoms with Crippen LogP contribution in [0, 0.1) is 6.92 Å². The number of para-hydroxylation sites is 1. The van der Waals surface area contributed by atoms with Gasteiger partial charge in [-0.3, -0.25) is 9.69 Å². The highest BCUT2D eigenvalue weighted by Crippen LogP contribution is 2.34. The largest absolute Gasteiger partial charge is 0.289 e. The summed E-state index contributed by atoms with van der Waals surface area (Å²) < 4.78 is 0.530. The molecule has 0 atom stereocenters. The van der Waals surface area contributed by atoms with Crippen molar-refractivity contribution in [1.82, 2.24) is 9.88 Å². The Balaban J connectivity index is 2.04. The number of halogens is 1. The standard InChI is InChI=1S/C17H13ClN2OS2/c1-3-7-20-16(21)13(23-17(20)22)9-12-8-11-6-4-5-10(2)14(11)19-15(12)18/h3-6,8-9H,1,7H2,2H3/b13-9-. The molecule has 0 bridgehead atoms. The molecule has 0 unspecified atom stereocenters. The van der Waals surface area contributed by atoms with E-state index >= 15 is 0 Å². The Labute approximate surface area is 149 Å². The molecule has 0 saturated carbocycles. The van der Waals surface area contributed by atoms with Gasteiger partial charge in [0.15, 0.2) is 0 Å². The number of pyridine rings is 1. The third kappa shape index (κ3) is 3.04. The average molecular weight is 361 g/mol. The predicted octanol–water partition coefficient (Wildman–Crippen LogP) is 4.58. The van der Waals surface area contributed by atoms with Gasteiger partial charge in [0.25, 0.3) is 5.91 Å². The monoisotopic (exact) mass is 360 g/mol. The number of thioether (sulfide) groups is 1. The van der Waals surface area contributed by atoms with Gasteiger partial charge in [-0.05, 0) is 24.6 Å². The molecule has 3 rings (SSSR count). The van der Waals surface area contributed by atoms with Gasteiger partial charge in [-0.1, -0.05) is 59.9 Å². The molecule has 1 fully saturated rings. The van der Waals surface area contributed by atoms with Crippen LogP contribution in [0.1, 0.15) is 11.1 Å². The van der Waals surface area contributed by atoms with Crippen LogP contribution in [0.15, 0.2) is 41.8 Å². The van der Waals surface area contributed by atoms with E-state index in [-0.39, 0.29) is 5.91 Å². The van der Waals surface area contributed by atoms with Crippen molar-refractivity contribution in [2.45, 2.75) is 6.92 Å². The lowest BCUT2D eigenvalue weighted by atomic mass is 10.1. The van der Waals surface area contributed by atoms with Gasteiger partial charge in [-0.2, -0.15) is 0 Å². The average Bonchev–Trinajstić information content (AvgIpc) is 2.77. The molecular weight excluding hydrogens is 348 g/mol. The molecule has 2 aromatic rings. The second-order valence-electron chi connectivity index (χ2n) is 5.10. The number of hydrogen-bond acceptors (Lipinski definition) is 4. The first-order valence-electron chi connectivity index (χ1n) is 6.93. The Hall–Kier alpha value is -1.69. The van der Waals surface area contributed by atoms with E-state index in [2.05, 4.69) is 11.6 Å². The summed E-state index contributed by atoms with van der Waals surface area (Å²) in [6, 6.07) is 7.88. The Morgan fingerprint density at radius 1 is 1.48 bits per heavy atom. The van der Waals surface area contributed by atoms with Gasteiger partial charge in [-0.15, -0.1) is 6.58 Å². The highest BCUT2D eigenvalue weighted by molar-refractivity contribution is 8.26. The first-order valence-corrected chi connectivity index (χ1v) is 8.53. The van der Waals surface area contributed by atoms with E-state index in [0.717, 1.165) is 16.5 Å². The topological polar surface area (TPSA) is 33.2 Å². The van der Waals surface area contributed by atoms with Crippen LogP contribution in [0.5, 0.6) is 0 Å². The molecule has 6 heteroatoms. The van der Waals surface area contributed by atoms with Crippen molar-refractivity contribution in [3.05, 3.63) is 58.1 Å². The molecule has 23 heavy (non-hydrogen) atoms. The number of thiocarbonyl (C=S) groups is 1. The molecule has 3 nitrogen and oxygen atoms in total. The van der Waals surface area contributed by atoms with Gasteiger partial charge in [-0.25, -0.2) is 4.98 Å². The number of benzene rings is 1. The van der Waals surface area contributed by atoms with Crippen molar-refractivity contribution in [3.63, 3.8) is 0 Å². The van der Waals surface area contributed by atoms with Crippen LogP contribution in [0.4, 0.5) is 0 Å². The molecule has 0 spiro atoms. The quantitative estimate of drug-likeness (QED) is 0.347. The van der Waals surface area contributed by atoms with Crippen LogP contribution in [0.25, 0.3) is 17.0 Å². The predicted molar refractivity (Wildman–Crippen MR) is 102 cm³/mol. The van der Waals surface area contributed by atoms with Crippen LogP contribution in [0.3, 0.4) is 0 Å². The van der Waals surface area contributed by atoms with E-state index in [1.165, 1.54) is 16.7 Å². The summed E-state index contributed by atoms with van der Waals surface area (Å²) in [4.78, 5) is 18.9. The fourth-order valence-corrected chi connectivity index (χ4v) is 3.83. The smallest absolute Gasteiger partial charge is 0.266 e. The molecule has 2 heterocycles. The van der Waals surface area contributed by atoms with E-state index in [1.54, 1.807) is 12.2 Å². The highest BCUT2D eigenvalue weighted by Gasteiger charge is 2.31. The minimum absolute atomic E-state index is 0.125. The van der Waals surface area contributed by atoms with E-state index in [1.807, 2.05) is 31.2 Å². The first-order chi connectivity index (χ1) is 11.0. The summed E-state index contributed by atoms with van der Waals surface area (Å²) in [5, 5.41) is 1.36. The van der Waals surface area contributed by atoms with Crippen molar-refractivity contribution < 1.29 is 4.79 Å². The summed E-state index contributed by atoms with van der Waals surface area (Å²) in [7, 11) is 0. The zero-order valence-corrected chi connectivity index (χ0v) is 14.8. The van der Waals surface area contributed by atoms with E-state index < -0.39 is 0 Å². The van der Waals surface area contributed by atoms with Crippen molar-refractivity contribution >= 4 is 62.8 Å². The molecule has 1 aromatic carbocycles. The fraction of sp³-hybridized carbons (Fsp3) is 0.118. The van der Waals surface area contributed by atoms with Crippen molar-refractivity contribution in [2.24, 2.45) is 0 Å². The SMILES string of the molecule is C=CCN1C(=O)/C(=C/c2cc3cccc(C)c3nc2Cl)SC1=S. The van der Waals surface area contributed by atoms with E-state index in [4.69, 9.17) is 23.8 Å². The number of hydrogen-bond donors (Lipinski definition) is 0. The lowest BCUT2D eigenvalue weighted by Gasteiger charge is -2.10. The first kappa shape index (κ1) is 16.2. The number of fused-ring (bicyclic) bond motifs is 1. The zero-order valence-electron chi connectivity index (χ0n) is 12.4. The maximum absolute atomic E-state index is 12.4. The van der Waals surface area contributed by atoms with Crippen LogP contribution in [-0.4, -0.2) is 26.7 Å². The second kappa shape index (κ2) is 6.43. The molecule has 0 radical (unpaired) electrons. The normalized spacial score (nSPS) is 16.6. The molecular formula is C17H13ClN2OS2. The summed E-state index contributed by atoms with van der Waals surface area (Å²) >= 11 is 12.8. The van der Waals surface area contributed by atoms with Gasteiger partial charge in [0, 0.05) is 17.5 Å². The van der Waals surface area contributed by atoms with Crippen LogP contribution in [0.2, 0.25) is 5.15 Å². The highest BCUT2D eigenvalue weighted by atomic mass is 35.5. The summed E-state index contributed by atoms with van der Waals surface area (Å²) in [6.45, 7) is 6.04. The molecule has 1 saturated heterocycles. The molecule has 1 amide bonds. The van der Waals surface area contributed by atoms with Gasteiger partial charge in [0.05, 0.1) is 10.4 Å². The summed E-state index contributed by atoms with van der Waals surface area (Å²) in [5.74, 6) is -0.125. The van der Waals surface area contributed by atoms with Gasteiger partial charge < -0.3 is 0 Å². The van der Waals surface area contributed by atoms with Gasteiger partial charge in [0.2, 0.25) is 0 Å². The van der Waals surface area contributed by atoms with Gasteiger partial charge >= 0.3 is 0 Å². The van der Waals surface area contributed by atoms with Crippen molar-refractivity contribution in [1.29, 1.82) is 0 Å². The summed E-state index contributed by atoms with van der Waals surface area (Å²) in [5.41, 5.74) is 2.64. The molecule has 0 N–H and O–H groups in total. The third-order valence-corrected chi connectivity index (χ3v) is 5.18. The van der Waals surface area contributed by atoms with E-state index in [9.17, 15) is 4.79 Å². The molecule has 1 aliphatic rings. The Morgan fingerprint density at radius 2 is 2.26 bits per heavy atom. The molecule has 0 aliphatic carbocycles. The Bertz CT molecular complexity index is 876. The number of amides is 1. The Kier molecular flexibility index (Phi) is 4.53. The van der Waals surface area contributed by atoms with Crippen molar-refractivity contribution in [2.75, 3.05) is 6.54 Å². The minimum atomic E-state index is -0.125. The van der Waals surface area contributed by atoms with Crippen LogP contribution in [-0.2, 0) is 4.79 Å². The van der Waals surface area contributed by atoms with Crippen LogP contribution < -0.4 is 0 Å². The maximum Gasteiger partial charge on any atom is 0.266 e. The number of aromatic nitrogens is 1. The number of nitrogens with zero attached hydrogens (tertiary/aromatic N) is 2. The summed E-state index contributed by atoms with van der Waals surface area (Å²) in [6.07, 6.45) is 3.40. The zero-order chi connectivity index (χ0) is 16.6. The number of carbonyl (C=O) groups excluding carboxylic acids is 1. The molecule has 1 aromatic heterocycles. The Morgan fingerprint density at radius 3 is 3.00 bits per heavy atom. The molecule has 116 valence electrons. The third-order valence-electron chi connectivity index (χ3n) is 3.50. The van der Waals surface area contributed by atoms with E-state index in [0.29, 0.717) is 26.5 Å². The lowest BCUT2D eigenvalue weighted by Crippen LogP contribution is -2.27. The fourth-order valence-electron chi connectivity index (χ4n) is 2.37.